The van der Waals surface area contributed by atoms with Crippen molar-refractivity contribution >= 4 is 5.91 Å². The van der Waals surface area contributed by atoms with Crippen molar-refractivity contribution in [2.45, 2.75) is 63.8 Å². The Morgan fingerprint density at radius 1 is 1.18 bits per heavy atom. The molecule has 17 heavy (non-hydrogen) atoms. The van der Waals surface area contributed by atoms with Crippen molar-refractivity contribution in [2.75, 3.05) is 13.6 Å². The van der Waals surface area contributed by atoms with Crippen molar-refractivity contribution < 1.29 is 4.79 Å². The molecule has 0 aromatic rings. The summed E-state index contributed by atoms with van der Waals surface area (Å²) in [5.74, 6) is 0.318. The van der Waals surface area contributed by atoms with Crippen molar-refractivity contribution in [3.63, 3.8) is 0 Å². The van der Waals surface area contributed by atoms with Gasteiger partial charge < -0.3 is 10.6 Å². The van der Waals surface area contributed by atoms with Crippen LogP contribution in [0.15, 0.2) is 0 Å². The van der Waals surface area contributed by atoms with Crippen LogP contribution in [-0.2, 0) is 4.79 Å². The first kappa shape index (κ1) is 12.9. The number of carbonyl (C=O) groups excluding carboxylic acids is 1. The fourth-order valence-electron chi connectivity index (χ4n) is 3.29. The number of nitrogens with zero attached hydrogens (tertiary/aromatic N) is 1. The van der Waals surface area contributed by atoms with E-state index in [1.165, 1.54) is 44.9 Å². The second kappa shape index (κ2) is 5.38. The number of amides is 1. The molecule has 2 N–H and O–H groups in total. The Bertz CT molecular complexity index is 260. The van der Waals surface area contributed by atoms with Crippen LogP contribution in [0, 0.1) is 5.41 Å². The minimum Gasteiger partial charge on any atom is -0.342 e. The second-order valence-electron chi connectivity index (χ2n) is 5.90. The first-order chi connectivity index (χ1) is 8.19. The van der Waals surface area contributed by atoms with Gasteiger partial charge in [-0.15, -0.1) is 0 Å². The smallest absolute Gasteiger partial charge is 0.230 e. The van der Waals surface area contributed by atoms with Gasteiger partial charge in [0.25, 0.3) is 0 Å². The molecule has 0 bridgehead atoms. The molecule has 2 saturated carbocycles. The molecule has 3 heteroatoms. The molecule has 0 aliphatic heterocycles. The third kappa shape index (κ3) is 2.49. The van der Waals surface area contributed by atoms with E-state index in [2.05, 4.69) is 0 Å². The molecule has 0 unspecified atom stereocenters. The quantitative estimate of drug-likeness (QED) is 0.767. The van der Waals surface area contributed by atoms with Gasteiger partial charge in [0.15, 0.2) is 0 Å². The zero-order valence-corrected chi connectivity index (χ0v) is 11.1. The van der Waals surface area contributed by atoms with E-state index in [9.17, 15) is 4.79 Å². The van der Waals surface area contributed by atoms with Gasteiger partial charge >= 0.3 is 0 Å². The molecular formula is C14H26N2O. The molecule has 0 radical (unpaired) electrons. The van der Waals surface area contributed by atoms with Gasteiger partial charge in [-0.05, 0) is 25.7 Å². The number of carbonyl (C=O) groups is 1. The maximum atomic E-state index is 12.5. The standard InChI is InChI=1S/C14H26N2O/c1-16(12-7-4-2-3-5-8-12)13(17)14(11-15)9-6-10-14/h12H,2-11,15H2,1H3. The SMILES string of the molecule is CN(C(=O)C1(CN)CCC1)C1CCCCCC1. The largest absolute Gasteiger partial charge is 0.342 e. The molecular weight excluding hydrogens is 212 g/mol. The Balaban J connectivity index is 1.97. The lowest BCUT2D eigenvalue weighted by atomic mass is 9.67. The Labute approximate surface area is 105 Å². The lowest BCUT2D eigenvalue weighted by Crippen LogP contribution is -2.53. The molecule has 0 saturated heterocycles. The molecule has 0 aromatic carbocycles. The Morgan fingerprint density at radius 2 is 1.76 bits per heavy atom. The van der Waals surface area contributed by atoms with Crippen LogP contribution in [0.3, 0.4) is 0 Å². The molecule has 2 fully saturated rings. The predicted molar refractivity (Wildman–Crippen MR) is 69.6 cm³/mol. The van der Waals surface area contributed by atoms with E-state index < -0.39 is 0 Å². The summed E-state index contributed by atoms with van der Waals surface area (Å²) in [7, 11) is 1.99. The van der Waals surface area contributed by atoms with Crippen molar-refractivity contribution in [2.24, 2.45) is 11.1 Å². The fraction of sp³-hybridized carbons (Fsp3) is 0.929. The first-order valence-electron chi connectivity index (χ1n) is 7.17. The molecule has 0 heterocycles. The zero-order chi connectivity index (χ0) is 12.3. The van der Waals surface area contributed by atoms with Crippen LogP contribution in [-0.4, -0.2) is 30.4 Å². The fourth-order valence-corrected chi connectivity index (χ4v) is 3.29. The number of rotatable bonds is 3. The second-order valence-corrected chi connectivity index (χ2v) is 5.90. The van der Waals surface area contributed by atoms with E-state index in [0.717, 1.165) is 12.8 Å². The Morgan fingerprint density at radius 3 is 2.18 bits per heavy atom. The van der Waals surface area contributed by atoms with Crippen molar-refractivity contribution in [1.29, 1.82) is 0 Å². The molecule has 2 aliphatic rings. The normalized spacial score (nSPS) is 24.8. The summed E-state index contributed by atoms with van der Waals surface area (Å²) >= 11 is 0. The van der Waals surface area contributed by atoms with Crippen LogP contribution in [0.2, 0.25) is 0 Å². The Hall–Kier alpha value is -0.570. The van der Waals surface area contributed by atoms with Crippen LogP contribution >= 0.6 is 0 Å². The molecule has 0 aromatic heterocycles. The van der Waals surface area contributed by atoms with Gasteiger partial charge in [0.2, 0.25) is 5.91 Å². The van der Waals surface area contributed by atoms with Crippen LogP contribution in [0.1, 0.15) is 57.8 Å². The molecule has 0 atom stereocenters. The summed E-state index contributed by atoms with van der Waals surface area (Å²) in [5, 5.41) is 0. The van der Waals surface area contributed by atoms with E-state index in [1.807, 2.05) is 11.9 Å². The highest BCUT2D eigenvalue weighted by molar-refractivity contribution is 5.84. The lowest BCUT2D eigenvalue weighted by Gasteiger charge is -2.43. The highest BCUT2D eigenvalue weighted by atomic mass is 16.2. The molecule has 98 valence electrons. The average Bonchev–Trinajstić information content (AvgIpc) is 2.55. The van der Waals surface area contributed by atoms with E-state index in [4.69, 9.17) is 5.73 Å². The highest BCUT2D eigenvalue weighted by Crippen LogP contribution is 2.42. The van der Waals surface area contributed by atoms with Gasteiger partial charge in [-0.3, -0.25) is 4.79 Å². The molecule has 0 spiro atoms. The summed E-state index contributed by atoms with van der Waals surface area (Å²) < 4.78 is 0. The maximum absolute atomic E-state index is 12.5. The van der Waals surface area contributed by atoms with Crippen LogP contribution < -0.4 is 5.73 Å². The topological polar surface area (TPSA) is 46.3 Å². The van der Waals surface area contributed by atoms with Crippen molar-refractivity contribution in [1.82, 2.24) is 4.90 Å². The van der Waals surface area contributed by atoms with Gasteiger partial charge in [0.1, 0.15) is 0 Å². The molecule has 2 aliphatic carbocycles. The van der Waals surface area contributed by atoms with E-state index >= 15 is 0 Å². The average molecular weight is 238 g/mol. The van der Waals surface area contributed by atoms with Crippen molar-refractivity contribution in [3.8, 4) is 0 Å². The summed E-state index contributed by atoms with van der Waals surface area (Å²) in [6.45, 7) is 0.531. The van der Waals surface area contributed by atoms with Gasteiger partial charge in [0.05, 0.1) is 5.41 Å². The highest BCUT2D eigenvalue weighted by Gasteiger charge is 2.45. The summed E-state index contributed by atoms with van der Waals surface area (Å²) in [6.07, 6.45) is 10.8. The summed E-state index contributed by atoms with van der Waals surface area (Å²) in [4.78, 5) is 14.6. The van der Waals surface area contributed by atoms with Crippen LogP contribution in [0.5, 0.6) is 0 Å². The van der Waals surface area contributed by atoms with Gasteiger partial charge in [-0.25, -0.2) is 0 Å². The summed E-state index contributed by atoms with van der Waals surface area (Å²) in [6, 6.07) is 0.467. The maximum Gasteiger partial charge on any atom is 0.230 e. The number of hydrogen-bond acceptors (Lipinski definition) is 2. The minimum absolute atomic E-state index is 0.193. The first-order valence-corrected chi connectivity index (χ1v) is 7.17. The number of nitrogens with two attached hydrogens (primary N) is 1. The third-order valence-electron chi connectivity index (χ3n) is 4.85. The third-order valence-corrected chi connectivity index (χ3v) is 4.85. The number of hydrogen-bond donors (Lipinski definition) is 1. The Kier molecular flexibility index (Phi) is 4.08. The monoisotopic (exact) mass is 238 g/mol. The molecule has 2 rings (SSSR count). The molecule has 1 amide bonds. The lowest BCUT2D eigenvalue weighted by molar-refractivity contribution is -0.147. The zero-order valence-electron chi connectivity index (χ0n) is 11.1. The van der Waals surface area contributed by atoms with Crippen LogP contribution in [0.25, 0.3) is 0 Å². The van der Waals surface area contributed by atoms with Gasteiger partial charge in [-0.2, -0.15) is 0 Å². The van der Waals surface area contributed by atoms with Crippen molar-refractivity contribution in [3.05, 3.63) is 0 Å². The van der Waals surface area contributed by atoms with Crippen LogP contribution in [0.4, 0.5) is 0 Å². The van der Waals surface area contributed by atoms with Gasteiger partial charge in [0, 0.05) is 19.6 Å². The molecule has 3 nitrogen and oxygen atoms in total. The van der Waals surface area contributed by atoms with E-state index in [0.29, 0.717) is 18.5 Å². The minimum atomic E-state index is -0.193. The van der Waals surface area contributed by atoms with E-state index in [1.54, 1.807) is 0 Å². The summed E-state index contributed by atoms with van der Waals surface area (Å²) in [5.41, 5.74) is 5.63. The van der Waals surface area contributed by atoms with Gasteiger partial charge in [-0.1, -0.05) is 32.1 Å². The predicted octanol–water partition coefficient (Wildman–Crippen LogP) is 2.30. The van der Waals surface area contributed by atoms with E-state index in [-0.39, 0.29) is 5.41 Å².